The summed E-state index contributed by atoms with van der Waals surface area (Å²) < 4.78 is 0. The maximum Gasteiger partial charge on any atom is 0.256 e. The molecule has 2 aromatic rings. The van der Waals surface area contributed by atoms with Crippen molar-refractivity contribution in [1.29, 1.82) is 0 Å². The lowest BCUT2D eigenvalue weighted by molar-refractivity contribution is 0.0935. The minimum atomic E-state index is -0.222. The lowest BCUT2D eigenvalue weighted by atomic mass is 10.1. The zero-order valence-corrected chi connectivity index (χ0v) is 11.1. The molecule has 1 atom stereocenters. The van der Waals surface area contributed by atoms with Crippen LogP contribution in [0.15, 0.2) is 24.4 Å². The van der Waals surface area contributed by atoms with Crippen molar-refractivity contribution in [3.63, 3.8) is 0 Å². The Morgan fingerprint density at radius 1 is 1.26 bits per heavy atom. The van der Waals surface area contributed by atoms with Gasteiger partial charge in [-0.3, -0.25) is 9.78 Å². The van der Waals surface area contributed by atoms with E-state index in [9.17, 15) is 4.79 Å². The van der Waals surface area contributed by atoms with Gasteiger partial charge in [-0.1, -0.05) is 6.07 Å². The van der Waals surface area contributed by atoms with E-state index in [1.807, 2.05) is 18.2 Å². The summed E-state index contributed by atoms with van der Waals surface area (Å²) >= 11 is 1.73. The minimum absolute atomic E-state index is 0.0313. The number of carbonyl (C=O) groups is 1. The molecule has 1 amide bonds. The summed E-state index contributed by atoms with van der Waals surface area (Å²) in [4.78, 5) is 18.0. The van der Waals surface area contributed by atoms with E-state index < -0.39 is 0 Å². The van der Waals surface area contributed by atoms with Gasteiger partial charge in [0.1, 0.15) is 11.2 Å². The van der Waals surface area contributed by atoms with Gasteiger partial charge in [-0.25, -0.2) is 0 Å². The Morgan fingerprint density at radius 3 is 3.05 bits per heavy atom. The maximum absolute atomic E-state index is 12.3. The summed E-state index contributed by atoms with van der Waals surface area (Å²) in [5, 5.41) is 7.40. The van der Waals surface area contributed by atoms with Gasteiger partial charge in [0, 0.05) is 11.1 Å². The first-order valence-corrected chi connectivity index (χ1v) is 7.27. The van der Waals surface area contributed by atoms with Crippen molar-refractivity contribution < 1.29 is 4.79 Å². The molecule has 19 heavy (non-hydrogen) atoms. The van der Waals surface area contributed by atoms with E-state index >= 15 is 0 Å². The van der Waals surface area contributed by atoms with Crippen LogP contribution in [0.4, 0.5) is 5.00 Å². The van der Waals surface area contributed by atoms with Gasteiger partial charge in [0.2, 0.25) is 0 Å². The van der Waals surface area contributed by atoms with Gasteiger partial charge < -0.3 is 10.6 Å². The molecule has 2 N–H and O–H groups in total. The average molecular weight is 271 g/mol. The summed E-state index contributed by atoms with van der Waals surface area (Å²) in [5.74, 6) is 0.0313. The van der Waals surface area contributed by atoms with Crippen molar-refractivity contribution >= 4 is 22.2 Å². The molecular formula is C14H13N3OS. The van der Waals surface area contributed by atoms with Gasteiger partial charge in [0.25, 0.3) is 5.91 Å². The normalized spacial score (nSPS) is 20.4. The molecule has 2 aromatic heterocycles. The second-order valence-electron chi connectivity index (χ2n) is 4.87. The first-order chi connectivity index (χ1) is 9.33. The number of aryl methyl sites for hydroxylation is 1. The van der Waals surface area contributed by atoms with E-state index in [1.165, 1.54) is 16.9 Å². The molecule has 0 aromatic carbocycles. The molecule has 1 unspecified atom stereocenters. The van der Waals surface area contributed by atoms with Crippen LogP contribution in [-0.4, -0.2) is 10.9 Å². The lowest BCUT2D eigenvalue weighted by Crippen LogP contribution is -2.38. The SMILES string of the molecule is O=C1NC(c2ccccn2)Nc2sc3c(c21)CCC3. The average Bonchev–Trinajstić information content (AvgIpc) is 2.99. The molecule has 96 valence electrons. The number of nitrogens with zero attached hydrogens (tertiary/aromatic N) is 1. The van der Waals surface area contributed by atoms with Crippen molar-refractivity contribution in [1.82, 2.24) is 10.3 Å². The quantitative estimate of drug-likeness (QED) is 0.838. The van der Waals surface area contributed by atoms with Crippen molar-refractivity contribution in [3.8, 4) is 0 Å². The standard InChI is InChI=1S/C14H13N3OS/c18-13-11-8-4-3-6-10(8)19-14(11)17-12(16-13)9-5-1-2-7-15-9/h1-2,5,7,12,17H,3-4,6H2,(H,16,18). The van der Waals surface area contributed by atoms with Crippen molar-refractivity contribution in [2.75, 3.05) is 5.32 Å². The number of nitrogens with one attached hydrogen (secondary N) is 2. The second kappa shape index (κ2) is 4.06. The molecule has 0 saturated heterocycles. The fourth-order valence-electron chi connectivity index (χ4n) is 2.81. The Labute approximate surface area is 114 Å². The molecule has 4 nitrogen and oxygen atoms in total. The topological polar surface area (TPSA) is 54.0 Å². The molecular weight excluding hydrogens is 258 g/mol. The highest BCUT2D eigenvalue weighted by molar-refractivity contribution is 7.16. The predicted octanol–water partition coefficient (Wildman–Crippen LogP) is 2.49. The summed E-state index contributed by atoms with van der Waals surface area (Å²) in [6, 6.07) is 5.73. The van der Waals surface area contributed by atoms with E-state index in [0.717, 1.165) is 29.1 Å². The largest absolute Gasteiger partial charge is 0.351 e. The van der Waals surface area contributed by atoms with Gasteiger partial charge in [-0.2, -0.15) is 0 Å². The third kappa shape index (κ3) is 1.65. The zero-order valence-electron chi connectivity index (χ0n) is 10.3. The number of hydrogen-bond acceptors (Lipinski definition) is 4. The van der Waals surface area contributed by atoms with Gasteiger partial charge in [0.05, 0.1) is 11.3 Å². The van der Waals surface area contributed by atoms with Crippen molar-refractivity contribution in [2.45, 2.75) is 25.4 Å². The second-order valence-corrected chi connectivity index (χ2v) is 5.97. The first kappa shape index (κ1) is 11.0. The molecule has 0 fully saturated rings. The molecule has 3 heterocycles. The minimum Gasteiger partial charge on any atom is -0.351 e. The number of amides is 1. The van der Waals surface area contributed by atoms with Crippen LogP contribution in [0, 0.1) is 0 Å². The van der Waals surface area contributed by atoms with Crippen molar-refractivity contribution in [3.05, 3.63) is 46.1 Å². The summed E-state index contributed by atoms with van der Waals surface area (Å²) in [6.45, 7) is 0. The molecule has 1 aliphatic heterocycles. The number of thiophene rings is 1. The Balaban J connectivity index is 1.74. The fourth-order valence-corrected chi connectivity index (χ4v) is 4.13. The monoisotopic (exact) mass is 271 g/mol. The van der Waals surface area contributed by atoms with Crippen LogP contribution in [0.1, 0.15) is 39.1 Å². The number of carbonyl (C=O) groups excluding carboxylic acids is 1. The number of pyridine rings is 1. The summed E-state index contributed by atoms with van der Waals surface area (Å²) in [5.41, 5.74) is 2.96. The van der Waals surface area contributed by atoms with Gasteiger partial charge in [-0.15, -0.1) is 11.3 Å². The lowest BCUT2D eigenvalue weighted by Gasteiger charge is -2.25. The highest BCUT2D eigenvalue weighted by Crippen LogP contribution is 2.41. The van der Waals surface area contributed by atoms with Gasteiger partial charge >= 0.3 is 0 Å². The Kier molecular flexibility index (Phi) is 2.35. The van der Waals surface area contributed by atoms with Crippen LogP contribution in [0.25, 0.3) is 0 Å². The van der Waals surface area contributed by atoms with E-state index in [1.54, 1.807) is 17.5 Å². The molecule has 2 aliphatic rings. The molecule has 1 aliphatic carbocycles. The molecule has 4 rings (SSSR count). The van der Waals surface area contributed by atoms with Gasteiger partial charge in [-0.05, 0) is 37.0 Å². The number of hydrogen-bond donors (Lipinski definition) is 2. The Morgan fingerprint density at radius 2 is 2.21 bits per heavy atom. The Hall–Kier alpha value is -1.88. The smallest absolute Gasteiger partial charge is 0.256 e. The van der Waals surface area contributed by atoms with E-state index in [2.05, 4.69) is 15.6 Å². The third-order valence-corrected chi connectivity index (χ3v) is 4.91. The zero-order chi connectivity index (χ0) is 12.8. The molecule has 5 heteroatoms. The molecule has 0 saturated carbocycles. The van der Waals surface area contributed by atoms with Crippen molar-refractivity contribution in [2.24, 2.45) is 0 Å². The number of rotatable bonds is 1. The maximum atomic E-state index is 12.3. The van der Waals surface area contributed by atoms with Gasteiger partial charge in [0.15, 0.2) is 0 Å². The number of anilines is 1. The predicted molar refractivity (Wildman–Crippen MR) is 74.4 cm³/mol. The summed E-state index contributed by atoms with van der Waals surface area (Å²) in [7, 11) is 0. The van der Waals surface area contributed by atoms with Crippen LogP contribution in [-0.2, 0) is 12.8 Å². The van der Waals surface area contributed by atoms with Crippen LogP contribution >= 0.6 is 11.3 Å². The highest BCUT2D eigenvalue weighted by atomic mass is 32.1. The highest BCUT2D eigenvalue weighted by Gasteiger charge is 2.32. The third-order valence-electron chi connectivity index (χ3n) is 3.68. The Bertz CT molecular complexity index is 650. The number of aromatic nitrogens is 1. The van der Waals surface area contributed by atoms with E-state index in [4.69, 9.17) is 0 Å². The van der Waals surface area contributed by atoms with Crippen LogP contribution in [0.3, 0.4) is 0 Å². The summed E-state index contributed by atoms with van der Waals surface area (Å²) in [6.07, 6.45) is 4.83. The van der Waals surface area contributed by atoms with E-state index in [-0.39, 0.29) is 12.1 Å². The van der Waals surface area contributed by atoms with Crippen LogP contribution in [0.5, 0.6) is 0 Å². The fraction of sp³-hybridized carbons (Fsp3) is 0.286. The van der Waals surface area contributed by atoms with E-state index in [0.29, 0.717) is 0 Å². The molecule has 0 radical (unpaired) electrons. The van der Waals surface area contributed by atoms with Crippen LogP contribution in [0.2, 0.25) is 0 Å². The number of fused-ring (bicyclic) bond motifs is 3. The molecule has 0 spiro atoms. The van der Waals surface area contributed by atoms with Crippen LogP contribution < -0.4 is 10.6 Å². The molecule has 0 bridgehead atoms. The first-order valence-electron chi connectivity index (χ1n) is 6.46.